The van der Waals surface area contributed by atoms with Crippen LogP contribution in [0.5, 0.6) is 5.75 Å². The van der Waals surface area contributed by atoms with Gasteiger partial charge in [0.25, 0.3) is 0 Å². The molecule has 0 spiro atoms. The van der Waals surface area contributed by atoms with Crippen molar-refractivity contribution in [3.63, 3.8) is 0 Å². The number of nitrogen functional groups attached to an aromatic ring is 1. The lowest BCUT2D eigenvalue weighted by atomic mass is 9.98. The third-order valence-corrected chi connectivity index (χ3v) is 4.03. The van der Waals surface area contributed by atoms with Crippen molar-refractivity contribution in [2.24, 2.45) is 0 Å². The highest BCUT2D eigenvalue weighted by atomic mass is 19.1. The van der Waals surface area contributed by atoms with E-state index in [-0.39, 0.29) is 22.6 Å². The van der Waals surface area contributed by atoms with Gasteiger partial charge in [0.15, 0.2) is 11.5 Å². The number of aromatic carboxylic acids is 1. The van der Waals surface area contributed by atoms with Crippen molar-refractivity contribution < 1.29 is 24.2 Å². The Morgan fingerprint density at radius 3 is 1.86 bits per heavy atom. The van der Waals surface area contributed by atoms with Crippen molar-refractivity contribution in [1.82, 2.24) is 0 Å². The number of phenols is 1. The number of anilines is 1. The molecular formula is C22H14FNO4. The quantitative estimate of drug-likeness (QED) is 0.282. The second-order valence-corrected chi connectivity index (χ2v) is 5.89. The van der Waals surface area contributed by atoms with Crippen molar-refractivity contribution in [1.29, 1.82) is 0 Å². The highest BCUT2D eigenvalue weighted by Crippen LogP contribution is 2.30. The van der Waals surface area contributed by atoms with E-state index in [0.717, 1.165) is 6.07 Å². The van der Waals surface area contributed by atoms with Gasteiger partial charge in [-0.05, 0) is 60.7 Å². The van der Waals surface area contributed by atoms with Gasteiger partial charge in [-0.2, -0.15) is 0 Å². The van der Waals surface area contributed by atoms with Gasteiger partial charge in [-0.25, -0.2) is 9.18 Å². The number of carboxylic acid groups (broad SMARTS) is 1. The van der Waals surface area contributed by atoms with Gasteiger partial charge in [0.1, 0.15) is 11.4 Å². The largest absolute Gasteiger partial charge is 0.505 e. The molecule has 0 aliphatic heterocycles. The van der Waals surface area contributed by atoms with Crippen molar-refractivity contribution >= 4 is 17.4 Å². The number of carbonyl (C=O) groups is 2. The monoisotopic (exact) mass is 375 g/mol. The smallest absolute Gasteiger partial charge is 0.339 e. The summed E-state index contributed by atoms with van der Waals surface area (Å²) in [5.74, 6) is 3.03. The van der Waals surface area contributed by atoms with Crippen LogP contribution < -0.4 is 5.73 Å². The van der Waals surface area contributed by atoms with E-state index in [0.29, 0.717) is 16.7 Å². The molecule has 0 unspecified atom stereocenters. The van der Waals surface area contributed by atoms with E-state index in [9.17, 15) is 19.1 Å². The molecule has 0 radical (unpaired) electrons. The van der Waals surface area contributed by atoms with Crippen LogP contribution in [0.3, 0.4) is 0 Å². The zero-order valence-electron chi connectivity index (χ0n) is 14.4. The van der Waals surface area contributed by atoms with Crippen LogP contribution in [-0.4, -0.2) is 22.0 Å². The van der Waals surface area contributed by atoms with Gasteiger partial charge in [-0.15, -0.1) is 0 Å². The van der Waals surface area contributed by atoms with E-state index < -0.39 is 17.5 Å². The summed E-state index contributed by atoms with van der Waals surface area (Å²) in [5, 5.41) is 18.9. The first-order valence-electron chi connectivity index (χ1n) is 8.14. The van der Waals surface area contributed by atoms with E-state index in [1.807, 2.05) is 0 Å². The van der Waals surface area contributed by atoms with Crippen molar-refractivity contribution in [3.8, 4) is 17.6 Å². The summed E-state index contributed by atoms with van der Waals surface area (Å²) in [6.07, 6.45) is 0. The van der Waals surface area contributed by atoms with E-state index in [4.69, 9.17) is 10.8 Å². The fourth-order valence-corrected chi connectivity index (χ4v) is 2.52. The molecule has 0 saturated carbocycles. The van der Waals surface area contributed by atoms with E-state index >= 15 is 0 Å². The Bertz CT molecular complexity index is 1120. The number of hydrogen-bond acceptors (Lipinski definition) is 4. The number of carbonyl (C=O) groups excluding carboxylic acids is 1. The molecule has 3 aromatic carbocycles. The van der Waals surface area contributed by atoms with Crippen LogP contribution in [0.25, 0.3) is 0 Å². The Hall–Kier alpha value is -4.11. The zero-order valence-corrected chi connectivity index (χ0v) is 14.4. The molecule has 5 nitrogen and oxygen atoms in total. The number of carboxylic acids is 1. The van der Waals surface area contributed by atoms with E-state index in [2.05, 4.69) is 11.8 Å². The summed E-state index contributed by atoms with van der Waals surface area (Å²) >= 11 is 0. The highest BCUT2D eigenvalue weighted by molar-refractivity contribution is 6.13. The molecule has 0 atom stereocenters. The number of ketones is 1. The second kappa shape index (κ2) is 7.64. The third-order valence-electron chi connectivity index (χ3n) is 4.03. The lowest BCUT2D eigenvalue weighted by molar-refractivity contribution is 0.0693. The summed E-state index contributed by atoms with van der Waals surface area (Å²) < 4.78 is 12.9. The number of hydrogen-bond donors (Lipinski definition) is 3. The molecule has 0 fully saturated rings. The fraction of sp³-hybridized carbons (Fsp3) is 0. The molecule has 0 aliphatic rings. The van der Waals surface area contributed by atoms with E-state index in [1.165, 1.54) is 18.2 Å². The Kier molecular flexibility index (Phi) is 5.10. The molecule has 0 bridgehead atoms. The lowest BCUT2D eigenvalue weighted by Gasteiger charge is -2.09. The van der Waals surface area contributed by atoms with Crippen LogP contribution in [0.15, 0.2) is 60.7 Å². The summed E-state index contributed by atoms with van der Waals surface area (Å²) in [5.41, 5.74) is 6.69. The van der Waals surface area contributed by atoms with Crippen LogP contribution in [0.1, 0.15) is 37.4 Å². The third kappa shape index (κ3) is 3.84. The molecule has 0 heterocycles. The van der Waals surface area contributed by atoms with Gasteiger partial charge >= 0.3 is 5.97 Å². The summed E-state index contributed by atoms with van der Waals surface area (Å²) in [6.45, 7) is 0. The Labute approximate surface area is 159 Å². The maximum Gasteiger partial charge on any atom is 0.339 e. The van der Waals surface area contributed by atoms with Crippen LogP contribution in [0, 0.1) is 17.7 Å². The van der Waals surface area contributed by atoms with Crippen molar-refractivity contribution in [2.75, 3.05) is 5.73 Å². The van der Waals surface area contributed by atoms with Gasteiger partial charge < -0.3 is 15.9 Å². The molecule has 4 N–H and O–H groups in total. The molecule has 3 aromatic rings. The maximum atomic E-state index is 12.9. The number of halogens is 1. The first-order chi connectivity index (χ1) is 13.4. The lowest BCUT2D eigenvalue weighted by Crippen LogP contribution is -2.08. The zero-order chi connectivity index (χ0) is 20.3. The molecular weight excluding hydrogens is 361 g/mol. The summed E-state index contributed by atoms with van der Waals surface area (Å²) in [6, 6.07) is 14.6. The number of aromatic hydroxyl groups is 1. The molecule has 0 saturated heterocycles. The highest BCUT2D eigenvalue weighted by Gasteiger charge is 2.19. The maximum absolute atomic E-state index is 12.9. The first-order valence-corrected chi connectivity index (χ1v) is 8.14. The number of rotatable bonds is 3. The Morgan fingerprint density at radius 2 is 1.32 bits per heavy atom. The summed E-state index contributed by atoms with van der Waals surface area (Å²) in [4.78, 5) is 23.6. The van der Waals surface area contributed by atoms with Crippen molar-refractivity contribution in [2.45, 2.75) is 0 Å². The number of nitrogens with two attached hydrogens (primary N) is 1. The fourth-order valence-electron chi connectivity index (χ4n) is 2.52. The van der Waals surface area contributed by atoms with Crippen LogP contribution in [-0.2, 0) is 0 Å². The van der Waals surface area contributed by atoms with Gasteiger partial charge in [0, 0.05) is 22.3 Å². The summed E-state index contributed by atoms with van der Waals surface area (Å²) in [7, 11) is 0. The van der Waals surface area contributed by atoms with Crippen LogP contribution in [0.4, 0.5) is 10.1 Å². The molecule has 6 heteroatoms. The first kappa shape index (κ1) is 18.7. The average Bonchev–Trinajstić information content (AvgIpc) is 2.69. The molecule has 0 amide bonds. The van der Waals surface area contributed by atoms with Crippen molar-refractivity contribution in [3.05, 3.63) is 94.3 Å². The average molecular weight is 375 g/mol. The Morgan fingerprint density at radius 1 is 0.821 bits per heavy atom. The second-order valence-electron chi connectivity index (χ2n) is 5.89. The molecule has 3 rings (SSSR count). The normalized spacial score (nSPS) is 10.0. The van der Waals surface area contributed by atoms with Crippen LogP contribution in [0.2, 0.25) is 0 Å². The van der Waals surface area contributed by atoms with Gasteiger partial charge in [0.2, 0.25) is 0 Å². The predicted molar refractivity (Wildman–Crippen MR) is 102 cm³/mol. The minimum atomic E-state index is -1.34. The molecule has 138 valence electrons. The number of benzene rings is 3. The van der Waals surface area contributed by atoms with E-state index in [1.54, 1.807) is 36.4 Å². The van der Waals surface area contributed by atoms with Gasteiger partial charge in [-0.3, -0.25) is 4.79 Å². The van der Waals surface area contributed by atoms with Gasteiger partial charge in [0.05, 0.1) is 5.69 Å². The predicted octanol–water partition coefficient (Wildman–Crippen LogP) is 3.44. The van der Waals surface area contributed by atoms with Crippen LogP contribution >= 0.6 is 0 Å². The molecule has 0 aromatic heterocycles. The standard InChI is InChI=1S/C22H14FNO4/c23-16-9-5-14(6-10-16)2-1-13-3-7-15(8-4-13)20(25)17-11-12-18(22(27)28)21(26)19(17)24/h3-12,26H,24H2,(H,27,28). The topological polar surface area (TPSA) is 101 Å². The molecule has 28 heavy (non-hydrogen) atoms. The van der Waals surface area contributed by atoms with Gasteiger partial charge in [-0.1, -0.05) is 11.8 Å². The SMILES string of the molecule is Nc1c(C(=O)c2ccc(C#Cc3ccc(F)cc3)cc2)ccc(C(=O)O)c1O. The minimum absolute atomic E-state index is 0.00708. The molecule has 0 aliphatic carbocycles. The minimum Gasteiger partial charge on any atom is -0.505 e. The Balaban J connectivity index is 1.84.